The van der Waals surface area contributed by atoms with Gasteiger partial charge in [0.2, 0.25) is 0 Å². The monoisotopic (exact) mass is 420 g/mol. The molecule has 32 heavy (non-hydrogen) atoms. The van der Waals surface area contributed by atoms with Gasteiger partial charge in [-0.05, 0) is 54.1 Å². The summed E-state index contributed by atoms with van der Waals surface area (Å²) in [6.45, 7) is 0. The molecule has 0 aliphatic rings. The number of phenols is 1. The number of aromatic nitrogens is 4. The number of aromatic hydroxyl groups is 1. The van der Waals surface area contributed by atoms with Crippen molar-refractivity contribution in [1.82, 2.24) is 19.7 Å². The molecule has 0 radical (unpaired) electrons. The third-order valence-electron chi connectivity index (χ3n) is 5.11. The highest BCUT2D eigenvalue weighted by molar-refractivity contribution is 5.79. The van der Waals surface area contributed by atoms with Crippen LogP contribution < -0.4 is 4.74 Å². The molecule has 0 unspecified atom stereocenters. The van der Waals surface area contributed by atoms with Gasteiger partial charge < -0.3 is 9.84 Å². The number of nitrogens with zero attached hydrogens (tertiary/aromatic N) is 4. The Hall–Kier alpha value is -4.45. The highest BCUT2D eigenvalue weighted by Gasteiger charge is 2.16. The summed E-state index contributed by atoms with van der Waals surface area (Å²) < 4.78 is 6.87. The van der Waals surface area contributed by atoms with Gasteiger partial charge in [0, 0.05) is 5.39 Å². The molecule has 2 heterocycles. The molecule has 0 aliphatic carbocycles. The number of rotatable bonds is 5. The van der Waals surface area contributed by atoms with Crippen LogP contribution in [-0.4, -0.2) is 32.0 Å². The molecule has 3 aromatic carbocycles. The van der Waals surface area contributed by atoms with Crippen molar-refractivity contribution in [3.05, 3.63) is 96.3 Å². The van der Waals surface area contributed by atoms with Crippen molar-refractivity contribution in [2.24, 2.45) is 0 Å². The van der Waals surface area contributed by atoms with Gasteiger partial charge in [-0.15, -0.1) is 5.10 Å². The predicted octanol–water partition coefficient (Wildman–Crippen LogP) is 5.37. The van der Waals surface area contributed by atoms with Gasteiger partial charge in [-0.25, -0.2) is 9.97 Å². The summed E-state index contributed by atoms with van der Waals surface area (Å²) in [7, 11) is 1.64. The topological polar surface area (TPSA) is 73.1 Å². The number of methoxy groups -OCH3 is 1. The maximum atomic E-state index is 10.4. The van der Waals surface area contributed by atoms with Gasteiger partial charge in [-0.3, -0.25) is 0 Å². The molecular formula is C26H20N4O2. The minimum absolute atomic E-state index is 0.132. The second kappa shape index (κ2) is 8.35. The number of pyridine rings is 1. The van der Waals surface area contributed by atoms with Crippen molar-refractivity contribution in [2.45, 2.75) is 0 Å². The molecule has 1 N–H and O–H groups in total. The molecule has 6 heteroatoms. The van der Waals surface area contributed by atoms with Crippen LogP contribution in [0.2, 0.25) is 0 Å². The van der Waals surface area contributed by atoms with Crippen LogP contribution in [-0.2, 0) is 0 Å². The number of ether oxygens (including phenoxy) is 1. The van der Waals surface area contributed by atoms with E-state index in [1.807, 2.05) is 84.9 Å². The lowest BCUT2D eigenvalue weighted by atomic mass is 10.2. The SMILES string of the molecule is COc1ccc(/C=C/c2nc(-c3ccccc3O)n(-c3ccc4ccccc4n3)n2)cc1. The van der Waals surface area contributed by atoms with Crippen LogP contribution in [0.3, 0.4) is 0 Å². The Morgan fingerprint density at radius 3 is 2.41 bits per heavy atom. The lowest BCUT2D eigenvalue weighted by Crippen LogP contribution is -2.02. The number of fused-ring (bicyclic) bond motifs is 1. The van der Waals surface area contributed by atoms with E-state index in [9.17, 15) is 5.11 Å². The van der Waals surface area contributed by atoms with Crippen molar-refractivity contribution < 1.29 is 9.84 Å². The molecule has 0 saturated heterocycles. The first-order valence-corrected chi connectivity index (χ1v) is 10.1. The van der Waals surface area contributed by atoms with E-state index in [4.69, 9.17) is 9.72 Å². The highest BCUT2D eigenvalue weighted by Crippen LogP contribution is 2.29. The van der Waals surface area contributed by atoms with Crippen LogP contribution in [0.4, 0.5) is 0 Å². The van der Waals surface area contributed by atoms with Crippen molar-refractivity contribution in [1.29, 1.82) is 0 Å². The van der Waals surface area contributed by atoms with Gasteiger partial charge >= 0.3 is 0 Å². The van der Waals surface area contributed by atoms with E-state index in [0.717, 1.165) is 22.2 Å². The van der Waals surface area contributed by atoms with Gasteiger partial charge in [0.15, 0.2) is 17.5 Å². The average Bonchev–Trinajstić information content (AvgIpc) is 3.27. The molecule has 0 spiro atoms. The fraction of sp³-hybridized carbons (Fsp3) is 0.0385. The minimum Gasteiger partial charge on any atom is -0.507 e. The zero-order valence-electron chi connectivity index (χ0n) is 17.4. The third-order valence-corrected chi connectivity index (χ3v) is 5.11. The van der Waals surface area contributed by atoms with Gasteiger partial charge in [-0.1, -0.05) is 48.5 Å². The van der Waals surface area contributed by atoms with Gasteiger partial charge in [0.1, 0.15) is 11.5 Å². The van der Waals surface area contributed by atoms with Crippen LogP contribution in [0.15, 0.2) is 84.9 Å². The van der Waals surface area contributed by atoms with E-state index >= 15 is 0 Å². The average molecular weight is 420 g/mol. The number of benzene rings is 3. The lowest BCUT2D eigenvalue weighted by Gasteiger charge is -2.07. The van der Waals surface area contributed by atoms with E-state index in [1.165, 1.54) is 0 Å². The summed E-state index contributed by atoms with van der Waals surface area (Å²) in [5.41, 5.74) is 2.44. The van der Waals surface area contributed by atoms with Crippen LogP contribution in [0.25, 0.3) is 40.3 Å². The zero-order valence-corrected chi connectivity index (χ0v) is 17.4. The number of phenolic OH excluding ortho intramolecular Hbond substituents is 1. The Kier molecular flexibility index (Phi) is 5.09. The first-order valence-electron chi connectivity index (χ1n) is 10.1. The third kappa shape index (κ3) is 3.81. The zero-order chi connectivity index (χ0) is 21.9. The van der Waals surface area contributed by atoms with Crippen LogP contribution in [0.5, 0.6) is 11.5 Å². The maximum absolute atomic E-state index is 10.4. The number of para-hydroxylation sites is 2. The molecule has 0 atom stereocenters. The van der Waals surface area contributed by atoms with Crippen molar-refractivity contribution in [3.8, 4) is 28.7 Å². The van der Waals surface area contributed by atoms with Gasteiger partial charge in [-0.2, -0.15) is 4.68 Å². The molecular weight excluding hydrogens is 400 g/mol. The summed E-state index contributed by atoms with van der Waals surface area (Å²) in [6.07, 6.45) is 3.77. The normalized spacial score (nSPS) is 11.3. The standard InChI is InChI=1S/C26H20N4O2/c1-32-20-14-10-18(11-15-20)12-16-24-28-26(21-7-3-5-9-23(21)31)30(29-24)25-17-13-19-6-2-4-8-22(19)27-25/h2-17,31H,1H3/b16-12+. The molecule has 0 bridgehead atoms. The first-order chi connectivity index (χ1) is 15.7. The Morgan fingerprint density at radius 1 is 0.812 bits per heavy atom. The Bertz CT molecular complexity index is 1420. The molecule has 2 aromatic heterocycles. The molecule has 6 nitrogen and oxygen atoms in total. The summed E-state index contributed by atoms with van der Waals surface area (Å²) in [6, 6.07) is 26.6. The largest absolute Gasteiger partial charge is 0.507 e. The quantitative estimate of drug-likeness (QED) is 0.414. The fourth-order valence-electron chi connectivity index (χ4n) is 3.45. The predicted molar refractivity (Wildman–Crippen MR) is 126 cm³/mol. The van der Waals surface area contributed by atoms with Gasteiger partial charge in [0.25, 0.3) is 0 Å². The molecule has 5 rings (SSSR count). The van der Waals surface area contributed by atoms with E-state index in [1.54, 1.807) is 23.9 Å². The number of hydrogen-bond acceptors (Lipinski definition) is 5. The number of hydrogen-bond donors (Lipinski definition) is 1. The second-order valence-corrected chi connectivity index (χ2v) is 7.19. The molecule has 0 amide bonds. The molecule has 0 saturated carbocycles. The first kappa shape index (κ1) is 19.5. The maximum Gasteiger partial charge on any atom is 0.175 e. The highest BCUT2D eigenvalue weighted by atomic mass is 16.5. The lowest BCUT2D eigenvalue weighted by molar-refractivity contribution is 0.415. The minimum atomic E-state index is 0.132. The smallest absolute Gasteiger partial charge is 0.175 e. The van der Waals surface area contributed by atoms with Crippen LogP contribution in [0.1, 0.15) is 11.4 Å². The summed E-state index contributed by atoms with van der Waals surface area (Å²) >= 11 is 0. The van der Waals surface area contributed by atoms with Crippen LogP contribution in [0, 0.1) is 0 Å². The molecule has 0 aliphatic heterocycles. The van der Waals surface area contributed by atoms with Gasteiger partial charge in [0.05, 0.1) is 18.2 Å². The van der Waals surface area contributed by atoms with E-state index < -0.39 is 0 Å². The van der Waals surface area contributed by atoms with Crippen molar-refractivity contribution >= 4 is 23.1 Å². The molecule has 0 fully saturated rings. The van der Waals surface area contributed by atoms with E-state index in [-0.39, 0.29) is 5.75 Å². The Labute approximate surface area is 185 Å². The van der Waals surface area contributed by atoms with E-state index in [2.05, 4.69) is 10.1 Å². The van der Waals surface area contributed by atoms with E-state index in [0.29, 0.717) is 23.0 Å². The van der Waals surface area contributed by atoms with Crippen LogP contribution >= 0.6 is 0 Å². The summed E-state index contributed by atoms with van der Waals surface area (Å²) in [5, 5.41) is 16.2. The Balaban J connectivity index is 1.60. The second-order valence-electron chi connectivity index (χ2n) is 7.19. The van der Waals surface area contributed by atoms with Crippen molar-refractivity contribution in [2.75, 3.05) is 7.11 Å². The van der Waals surface area contributed by atoms with Crippen molar-refractivity contribution in [3.63, 3.8) is 0 Å². The fourth-order valence-corrected chi connectivity index (χ4v) is 3.45. The molecule has 156 valence electrons. The summed E-state index contributed by atoms with van der Waals surface area (Å²) in [5.74, 6) is 2.58. The Morgan fingerprint density at radius 2 is 1.59 bits per heavy atom. The summed E-state index contributed by atoms with van der Waals surface area (Å²) in [4.78, 5) is 9.44. The molecule has 5 aromatic rings.